The minimum atomic E-state index is -4.53. The predicted octanol–water partition coefficient (Wildman–Crippen LogP) is 6.62. The van der Waals surface area contributed by atoms with E-state index in [1.807, 2.05) is 44.3 Å². The number of anilines is 1. The number of fused-ring (bicyclic) bond motifs is 1. The van der Waals surface area contributed by atoms with Gasteiger partial charge < -0.3 is 10.2 Å². The minimum Gasteiger partial charge on any atom is -0.322 e. The van der Waals surface area contributed by atoms with Crippen molar-refractivity contribution in [2.45, 2.75) is 26.1 Å². The summed E-state index contributed by atoms with van der Waals surface area (Å²) in [5.74, 6) is -0.471. The number of likely N-dealkylation sites (N-methyl/N-ethyl adjacent to an activating group) is 1. The van der Waals surface area contributed by atoms with Crippen molar-refractivity contribution in [1.29, 1.82) is 0 Å². The van der Waals surface area contributed by atoms with Crippen LogP contribution < -0.4 is 5.32 Å². The van der Waals surface area contributed by atoms with Crippen molar-refractivity contribution >= 4 is 22.4 Å². The van der Waals surface area contributed by atoms with E-state index in [1.165, 1.54) is 6.07 Å². The second-order valence-corrected chi connectivity index (χ2v) is 10.2. The van der Waals surface area contributed by atoms with Crippen LogP contribution in [0.2, 0.25) is 0 Å². The Morgan fingerprint density at radius 3 is 2.59 bits per heavy atom. The fourth-order valence-corrected chi connectivity index (χ4v) is 5.14. The second kappa shape index (κ2) is 11.2. The highest BCUT2D eigenvalue weighted by atomic mass is 19.4. The molecule has 4 aromatic rings. The molecule has 1 saturated heterocycles. The van der Waals surface area contributed by atoms with Crippen LogP contribution in [-0.4, -0.2) is 53.9 Å². The number of carbonyl (C=O) groups excluding carboxylic acids is 1. The summed E-state index contributed by atoms with van der Waals surface area (Å²) >= 11 is 0. The number of aromatic nitrogens is 1. The summed E-state index contributed by atoms with van der Waals surface area (Å²) in [5.41, 5.74) is 2.67. The van der Waals surface area contributed by atoms with Crippen LogP contribution in [0, 0.1) is 6.92 Å². The molecule has 1 aliphatic rings. The number of amides is 1. The van der Waals surface area contributed by atoms with Gasteiger partial charge in [0.25, 0.3) is 5.91 Å². The van der Waals surface area contributed by atoms with Crippen LogP contribution in [-0.2, 0) is 12.7 Å². The van der Waals surface area contributed by atoms with Crippen LogP contribution >= 0.6 is 0 Å². The number of carbonyl (C=O) groups is 1. The van der Waals surface area contributed by atoms with Crippen LogP contribution in [0.5, 0.6) is 0 Å². The Morgan fingerprint density at radius 1 is 0.949 bits per heavy atom. The number of nitrogens with one attached hydrogen (secondary N) is 1. The number of alkyl halides is 3. The first kappa shape index (κ1) is 26.8. The minimum absolute atomic E-state index is 0.112. The molecule has 5 rings (SSSR count). The Labute approximate surface area is 226 Å². The van der Waals surface area contributed by atoms with E-state index >= 15 is 0 Å². The summed E-state index contributed by atoms with van der Waals surface area (Å²) in [5, 5.41) is 4.67. The number of aryl methyl sites for hydroxylation is 1. The molecule has 5 nitrogen and oxygen atoms in total. The van der Waals surface area contributed by atoms with Gasteiger partial charge in [0.1, 0.15) is 0 Å². The van der Waals surface area contributed by atoms with Gasteiger partial charge in [-0.25, -0.2) is 0 Å². The largest absolute Gasteiger partial charge is 0.416 e. The molecule has 0 atom stereocenters. The maximum atomic E-state index is 14.1. The van der Waals surface area contributed by atoms with Crippen molar-refractivity contribution in [3.8, 4) is 11.1 Å². The third-order valence-electron chi connectivity index (χ3n) is 7.34. The maximum absolute atomic E-state index is 14.1. The monoisotopic (exact) mass is 532 g/mol. The van der Waals surface area contributed by atoms with Crippen molar-refractivity contribution in [1.82, 2.24) is 14.8 Å². The van der Waals surface area contributed by atoms with E-state index in [9.17, 15) is 18.0 Å². The Morgan fingerprint density at radius 2 is 1.77 bits per heavy atom. The average Bonchev–Trinajstić information content (AvgIpc) is 3.12. The smallest absolute Gasteiger partial charge is 0.322 e. The molecule has 0 saturated carbocycles. The van der Waals surface area contributed by atoms with Crippen LogP contribution in [0.3, 0.4) is 0 Å². The second-order valence-electron chi connectivity index (χ2n) is 10.2. The summed E-state index contributed by atoms with van der Waals surface area (Å²) in [7, 11) is 2.03. The number of halogens is 3. The number of hydrogen-bond acceptors (Lipinski definition) is 4. The van der Waals surface area contributed by atoms with Gasteiger partial charge in [-0.05, 0) is 79.8 Å². The molecule has 0 unspecified atom stereocenters. The Balaban J connectivity index is 1.40. The van der Waals surface area contributed by atoms with Crippen molar-refractivity contribution in [3.63, 3.8) is 0 Å². The van der Waals surface area contributed by atoms with E-state index in [1.54, 1.807) is 30.6 Å². The van der Waals surface area contributed by atoms with Gasteiger partial charge in [0.05, 0.1) is 5.56 Å². The van der Waals surface area contributed by atoms with Gasteiger partial charge in [0.15, 0.2) is 0 Å². The standard InChI is InChI=1S/C31H31F3N4O/c1-21-8-9-22(16-27(21)28-19-35-18-23-6-3-4-7-26(23)28)30(39)36-25-11-10-24(29(17-25)31(32,33)34)20-38-13-5-12-37(2)14-15-38/h3-4,6-11,16-19H,5,12-15,20H2,1-2H3,(H,36,39). The lowest BCUT2D eigenvalue weighted by Gasteiger charge is -2.23. The zero-order valence-electron chi connectivity index (χ0n) is 22.1. The molecule has 0 spiro atoms. The zero-order valence-corrected chi connectivity index (χ0v) is 22.1. The van der Waals surface area contributed by atoms with Crippen LogP contribution in [0.15, 0.2) is 73.1 Å². The summed E-state index contributed by atoms with van der Waals surface area (Å²) in [4.78, 5) is 21.8. The van der Waals surface area contributed by atoms with Gasteiger partial charge in [-0.15, -0.1) is 0 Å². The molecular formula is C31H31F3N4O. The first-order chi connectivity index (χ1) is 18.7. The summed E-state index contributed by atoms with van der Waals surface area (Å²) in [6.45, 7) is 5.40. The van der Waals surface area contributed by atoms with Crippen molar-refractivity contribution < 1.29 is 18.0 Å². The molecule has 39 heavy (non-hydrogen) atoms. The molecule has 1 aromatic heterocycles. The molecule has 8 heteroatoms. The molecule has 0 radical (unpaired) electrons. The third-order valence-corrected chi connectivity index (χ3v) is 7.34. The first-order valence-corrected chi connectivity index (χ1v) is 13.1. The van der Waals surface area contributed by atoms with Crippen LogP contribution in [0.25, 0.3) is 21.9 Å². The Hall–Kier alpha value is -3.75. The summed E-state index contributed by atoms with van der Waals surface area (Å²) in [6, 6.07) is 17.2. The number of rotatable bonds is 5. The lowest BCUT2D eigenvalue weighted by Crippen LogP contribution is -2.29. The van der Waals surface area contributed by atoms with Crippen molar-refractivity contribution in [2.75, 3.05) is 38.5 Å². The highest BCUT2D eigenvalue weighted by Gasteiger charge is 2.34. The zero-order chi connectivity index (χ0) is 27.6. The Bertz CT molecular complexity index is 1500. The van der Waals surface area contributed by atoms with Gasteiger partial charge in [-0.2, -0.15) is 13.2 Å². The highest BCUT2D eigenvalue weighted by molar-refractivity contribution is 6.06. The first-order valence-electron chi connectivity index (χ1n) is 13.1. The maximum Gasteiger partial charge on any atom is 0.416 e. The van der Waals surface area contributed by atoms with E-state index in [0.717, 1.165) is 59.6 Å². The van der Waals surface area contributed by atoms with E-state index in [2.05, 4.69) is 20.1 Å². The highest BCUT2D eigenvalue weighted by Crippen LogP contribution is 2.35. The van der Waals surface area contributed by atoms with Gasteiger partial charge >= 0.3 is 6.18 Å². The molecule has 0 bridgehead atoms. The molecule has 202 valence electrons. The molecule has 0 aliphatic carbocycles. The predicted molar refractivity (Wildman–Crippen MR) is 149 cm³/mol. The van der Waals surface area contributed by atoms with Gasteiger partial charge in [-0.3, -0.25) is 14.7 Å². The van der Waals surface area contributed by atoms with Gasteiger partial charge in [0.2, 0.25) is 0 Å². The quantitative estimate of drug-likeness (QED) is 0.314. The fourth-order valence-electron chi connectivity index (χ4n) is 5.14. The van der Waals surface area contributed by atoms with E-state index in [-0.39, 0.29) is 17.8 Å². The Kier molecular flexibility index (Phi) is 7.68. The normalized spacial score (nSPS) is 15.3. The molecule has 3 aromatic carbocycles. The van der Waals surface area contributed by atoms with Crippen LogP contribution in [0.1, 0.15) is 33.5 Å². The molecule has 2 heterocycles. The van der Waals surface area contributed by atoms with E-state index in [0.29, 0.717) is 12.1 Å². The van der Waals surface area contributed by atoms with Crippen LogP contribution in [0.4, 0.5) is 18.9 Å². The average molecular weight is 533 g/mol. The SMILES string of the molecule is Cc1ccc(C(=O)Nc2ccc(CN3CCCN(C)CC3)c(C(F)(F)F)c2)cc1-c1cncc2ccccc12. The van der Waals surface area contributed by atoms with Crippen molar-refractivity contribution in [3.05, 3.63) is 95.3 Å². The van der Waals surface area contributed by atoms with E-state index in [4.69, 9.17) is 0 Å². The number of hydrogen-bond donors (Lipinski definition) is 1. The molecule has 1 fully saturated rings. The summed E-state index contributed by atoms with van der Waals surface area (Å²) < 4.78 is 42.2. The lowest BCUT2D eigenvalue weighted by molar-refractivity contribution is -0.138. The van der Waals surface area contributed by atoms with E-state index < -0.39 is 17.6 Å². The number of nitrogens with zero attached hydrogens (tertiary/aromatic N) is 3. The summed E-state index contributed by atoms with van der Waals surface area (Å²) in [6.07, 6.45) is -0.0581. The molecule has 1 N–H and O–H groups in total. The number of pyridine rings is 1. The third kappa shape index (κ3) is 6.13. The van der Waals surface area contributed by atoms with Gasteiger partial charge in [0, 0.05) is 54.2 Å². The molecular weight excluding hydrogens is 501 g/mol. The lowest BCUT2D eigenvalue weighted by atomic mass is 9.95. The topological polar surface area (TPSA) is 48.5 Å². The fraction of sp³-hybridized carbons (Fsp3) is 0.290. The molecule has 1 aliphatic heterocycles. The van der Waals surface area contributed by atoms with Gasteiger partial charge in [-0.1, -0.05) is 36.4 Å². The van der Waals surface area contributed by atoms with Crippen molar-refractivity contribution in [2.24, 2.45) is 0 Å². The number of benzene rings is 3. The molecule has 1 amide bonds.